The van der Waals surface area contributed by atoms with Gasteiger partial charge in [-0.3, -0.25) is 0 Å². The Morgan fingerprint density at radius 3 is 2.25 bits per heavy atom. The van der Waals surface area contributed by atoms with Crippen molar-refractivity contribution in [3.8, 4) is 17.6 Å². The number of benzene rings is 2. The second-order valence-electron chi connectivity index (χ2n) is 9.64. The summed E-state index contributed by atoms with van der Waals surface area (Å²) >= 11 is 0. The lowest BCUT2D eigenvalue weighted by Gasteiger charge is -2.28. The van der Waals surface area contributed by atoms with Crippen LogP contribution in [0.25, 0.3) is 0 Å². The van der Waals surface area contributed by atoms with Crippen LogP contribution in [0.5, 0.6) is 11.5 Å². The van der Waals surface area contributed by atoms with Crippen LogP contribution in [0.2, 0.25) is 0 Å². The predicted octanol–water partition coefficient (Wildman–Crippen LogP) is 8.13. The average molecular weight is 502 g/mol. The molecule has 1 saturated carbocycles. The first-order valence-corrected chi connectivity index (χ1v) is 13.0. The fourth-order valence-corrected chi connectivity index (χ4v) is 4.73. The molecule has 0 spiro atoms. The van der Waals surface area contributed by atoms with Gasteiger partial charge in [-0.1, -0.05) is 64.7 Å². The van der Waals surface area contributed by atoms with Crippen LogP contribution in [-0.2, 0) is 0 Å². The van der Waals surface area contributed by atoms with E-state index >= 15 is 0 Å². The first-order valence-electron chi connectivity index (χ1n) is 13.0. The Morgan fingerprint density at radius 1 is 0.944 bits per heavy atom. The monoisotopic (exact) mass is 501 g/mol. The highest BCUT2D eigenvalue weighted by atomic mass is 19.2. The second-order valence-corrected chi connectivity index (χ2v) is 9.64. The summed E-state index contributed by atoms with van der Waals surface area (Å²) < 4.78 is 54.1. The maximum atomic E-state index is 14.6. The number of nitriles is 1. The van der Waals surface area contributed by atoms with Crippen molar-refractivity contribution in [2.45, 2.75) is 77.6 Å². The van der Waals surface area contributed by atoms with Crippen molar-refractivity contribution < 1.29 is 27.4 Å². The molecular formula is C29H34F3NO3. The zero-order valence-electron chi connectivity index (χ0n) is 20.8. The van der Waals surface area contributed by atoms with E-state index in [1.807, 2.05) is 6.07 Å². The summed E-state index contributed by atoms with van der Waals surface area (Å²) in [4.78, 5) is 12.3. The molecule has 0 aliphatic heterocycles. The van der Waals surface area contributed by atoms with Crippen LogP contribution < -0.4 is 9.47 Å². The van der Waals surface area contributed by atoms with Gasteiger partial charge in [-0.2, -0.15) is 9.65 Å². The quantitative estimate of drug-likeness (QED) is 0.127. The number of ether oxygens (including phenoxy) is 2. The molecule has 0 bridgehead atoms. The molecular weight excluding hydrogens is 467 g/mol. The summed E-state index contributed by atoms with van der Waals surface area (Å²) in [6.45, 7) is 2.39. The van der Waals surface area contributed by atoms with E-state index in [4.69, 9.17) is 14.7 Å². The third kappa shape index (κ3) is 7.74. The van der Waals surface area contributed by atoms with E-state index in [9.17, 15) is 18.0 Å². The number of esters is 1. The van der Waals surface area contributed by atoms with Crippen molar-refractivity contribution in [1.82, 2.24) is 0 Å². The van der Waals surface area contributed by atoms with Gasteiger partial charge < -0.3 is 9.47 Å². The highest BCUT2D eigenvalue weighted by Gasteiger charge is 2.28. The van der Waals surface area contributed by atoms with Gasteiger partial charge in [-0.05, 0) is 48.9 Å². The SMILES string of the molecule is CCCCCCCCC1CCC(COc2cc(F)c(C(=O)Oc3ccc(C#N)cc3)c(F)c2F)CC1. The number of nitrogens with zero attached hydrogens (tertiary/aromatic N) is 1. The smallest absolute Gasteiger partial charge is 0.349 e. The molecule has 0 radical (unpaired) electrons. The average Bonchev–Trinajstić information content (AvgIpc) is 2.88. The molecule has 1 fully saturated rings. The molecule has 0 saturated heterocycles. The maximum Gasteiger partial charge on any atom is 0.349 e. The fraction of sp³-hybridized carbons (Fsp3) is 0.517. The first kappa shape index (κ1) is 27.6. The van der Waals surface area contributed by atoms with Crippen LogP contribution >= 0.6 is 0 Å². The molecule has 0 aromatic heterocycles. The summed E-state index contributed by atoms with van der Waals surface area (Å²) in [7, 11) is 0. The number of rotatable bonds is 12. The molecule has 0 atom stereocenters. The topological polar surface area (TPSA) is 59.3 Å². The van der Waals surface area contributed by atoms with Crippen molar-refractivity contribution >= 4 is 5.97 Å². The summed E-state index contributed by atoms with van der Waals surface area (Å²) in [6, 6.07) is 7.98. The fourth-order valence-electron chi connectivity index (χ4n) is 4.73. The van der Waals surface area contributed by atoms with Crippen LogP contribution in [0.4, 0.5) is 13.2 Å². The van der Waals surface area contributed by atoms with Crippen LogP contribution in [0.3, 0.4) is 0 Å². The zero-order valence-corrected chi connectivity index (χ0v) is 20.8. The van der Waals surface area contributed by atoms with Gasteiger partial charge in [0.05, 0.1) is 18.2 Å². The van der Waals surface area contributed by atoms with Crippen LogP contribution in [-0.4, -0.2) is 12.6 Å². The Labute approximate surface area is 211 Å². The number of unbranched alkanes of at least 4 members (excludes halogenated alkanes) is 5. The summed E-state index contributed by atoms with van der Waals surface area (Å²) in [5, 5.41) is 8.81. The lowest BCUT2D eigenvalue weighted by Crippen LogP contribution is -2.21. The molecule has 1 aliphatic carbocycles. The van der Waals surface area contributed by atoms with E-state index in [1.54, 1.807) is 0 Å². The summed E-state index contributed by atoms with van der Waals surface area (Å²) in [5.74, 6) is -5.35. The molecule has 0 N–H and O–H groups in total. The van der Waals surface area contributed by atoms with Crippen LogP contribution in [0.15, 0.2) is 30.3 Å². The van der Waals surface area contributed by atoms with Gasteiger partial charge >= 0.3 is 5.97 Å². The van der Waals surface area contributed by atoms with Crippen LogP contribution in [0, 0.1) is 40.6 Å². The number of carbonyl (C=O) groups excluding carboxylic acids is 1. The van der Waals surface area contributed by atoms with E-state index in [-0.39, 0.29) is 18.3 Å². The van der Waals surface area contributed by atoms with E-state index in [2.05, 4.69) is 6.92 Å². The van der Waals surface area contributed by atoms with E-state index in [1.165, 1.54) is 69.2 Å². The van der Waals surface area contributed by atoms with Crippen molar-refractivity contribution in [3.63, 3.8) is 0 Å². The van der Waals surface area contributed by atoms with Crippen molar-refractivity contribution in [1.29, 1.82) is 5.26 Å². The molecule has 1 aliphatic rings. The predicted molar refractivity (Wildman–Crippen MR) is 131 cm³/mol. The van der Waals surface area contributed by atoms with Gasteiger partial charge in [-0.15, -0.1) is 0 Å². The Morgan fingerprint density at radius 2 is 1.58 bits per heavy atom. The molecule has 0 unspecified atom stereocenters. The third-order valence-electron chi connectivity index (χ3n) is 6.93. The van der Waals surface area contributed by atoms with Gasteiger partial charge in [0.25, 0.3) is 0 Å². The van der Waals surface area contributed by atoms with Gasteiger partial charge in [0.1, 0.15) is 17.1 Å². The van der Waals surface area contributed by atoms with Crippen molar-refractivity contribution in [2.24, 2.45) is 11.8 Å². The lowest BCUT2D eigenvalue weighted by molar-refractivity contribution is 0.0722. The number of carbonyl (C=O) groups is 1. The second kappa shape index (κ2) is 13.9. The number of hydrogen-bond donors (Lipinski definition) is 0. The lowest BCUT2D eigenvalue weighted by atomic mass is 9.80. The van der Waals surface area contributed by atoms with E-state index in [0.717, 1.165) is 25.7 Å². The molecule has 7 heteroatoms. The van der Waals surface area contributed by atoms with Gasteiger partial charge in [-0.25, -0.2) is 13.6 Å². The molecule has 0 amide bonds. The number of hydrogen-bond acceptors (Lipinski definition) is 4. The van der Waals surface area contributed by atoms with Crippen molar-refractivity contribution in [3.05, 3.63) is 58.9 Å². The van der Waals surface area contributed by atoms with Crippen LogP contribution in [0.1, 0.15) is 93.5 Å². The Bertz CT molecular complexity index is 1040. The molecule has 0 heterocycles. The minimum absolute atomic E-state index is 0.0226. The van der Waals surface area contributed by atoms with E-state index < -0.39 is 34.7 Å². The minimum atomic E-state index is -1.65. The standard InChI is InChI=1S/C29H34F3NO3/c1-2-3-4-5-6-7-8-20-9-11-22(12-10-20)19-35-25-17-24(30)26(28(32)27(25)31)29(34)36-23-15-13-21(18-33)14-16-23/h13-17,20,22H,2-12,19H2,1H3. The Kier molecular flexibility index (Phi) is 10.7. The third-order valence-corrected chi connectivity index (χ3v) is 6.93. The van der Waals surface area contributed by atoms with Gasteiger partial charge in [0.15, 0.2) is 11.6 Å². The summed E-state index contributed by atoms with van der Waals surface area (Å²) in [6.07, 6.45) is 13.1. The minimum Gasteiger partial charge on any atom is -0.490 e. The molecule has 194 valence electrons. The normalized spacial score (nSPS) is 17.4. The maximum absolute atomic E-state index is 14.6. The highest BCUT2D eigenvalue weighted by Crippen LogP contribution is 2.33. The molecule has 4 nitrogen and oxygen atoms in total. The van der Waals surface area contributed by atoms with Gasteiger partial charge in [0, 0.05) is 6.07 Å². The molecule has 36 heavy (non-hydrogen) atoms. The Balaban J connectivity index is 1.49. The summed E-state index contributed by atoms with van der Waals surface area (Å²) in [5.41, 5.74) is -0.801. The largest absolute Gasteiger partial charge is 0.490 e. The number of halogens is 3. The zero-order chi connectivity index (χ0) is 25.9. The van der Waals surface area contributed by atoms with Crippen molar-refractivity contribution in [2.75, 3.05) is 6.61 Å². The molecule has 2 aromatic rings. The molecule has 3 rings (SSSR count). The molecule has 2 aromatic carbocycles. The Hall–Kier alpha value is -3.01. The van der Waals surface area contributed by atoms with Gasteiger partial charge in [0.2, 0.25) is 5.82 Å². The highest BCUT2D eigenvalue weighted by molar-refractivity contribution is 5.92. The first-order chi connectivity index (χ1) is 17.4. The van der Waals surface area contributed by atoms with E-state index in [0.29, 0.717) is 17.5 Å².